The zero-order valence-corrected chi connectivity index (χ0v) is 48.0. The maximum absolute atomic E-state index is 12.9. The molecule has 0 aliphatic heterocycles. The first-order valence-electron chi connectivity index (χ1n) is 28.7. The summed E-state index contributed by atoms with van der Waals surface area (Å²) in [6.07, 6.45) is 72.5. The summed E-state index contributed by atoms with van der Waals surface area (Å²) >= 11 is 0. The molecule has 0 bridgehead atoms. The van der Waals surface area contributed by atoms with Crippen LogP contribution in [0.1, 0.15) is 201 Å². The van der Waals surface area contributed by atoms with E-state index in [1.54, 1.807) is 0 Å². The number of phosphoric acid groups is 1. The summed E-state index contributed by atoms with van der Waals surface area (Å²) in [5.74, 6) is -1.63. The van der Waals surface area contributed by atoms with E-state index in [-0.39, 0.29) is 19.3 Å². The Balaban J connectivity index is 4.90. The van der Waals surface area contributed by atoms with Gasteiger partial charge in [-0.25, -0.2) is 4.57 Å². The van der Waals surface area contributed by atoms with E-state index in [4.69, 9.17) is 23.3 Å². The Morgan fingerprint density at radius 1 is 0.368 bits per heavy atom. The number of carbonyl (C=O) groups is 3. The number of carbonyl (C=O) groups excluding carboxylic acids is 3. The van der Waals surface area contributed by atoms with Crippen molar-refractivity contribution in [3.8, 4) is 0 Å². The molecule has 0 saturated heterocycles. The van der Waals surface area contributed by atoms with Crippen LogP contribution in [0.3, 0.4) is 0 Å². The van der Waals surface area contributed by atoms with Crippen LogP contribution in [0.15, 0.2) is 146 Å². The van der Waals surface area contributed by atoms with Gasteiger partial charge < -0.3 is 24.2 Å². The van der Waals surface area contributed by atoms with Gasteiger partial charge in [0, 0.05) is 19.3 Å². The van der Waals surface area contributed by atoms with Crippen LogP contribution in [0.2, 0.25) is 0 Å². The van der Waals surface area contributed by atoms with Gasteiger partial charge in [-0.15, -0.1) is 0 Å². The molecular formula is C64H101O11P. The molecule has 0 aliphatic carbocycles. The summed E-state index contributed by atoms with van der Waals surface area (Å²) in [7, 11) is -4.79. The third-order valence-corrected chi connectivity index (χ3v) is 12.2. The van der Waals surface area contributed by atoms with Crippen LogP contribution >= 0.6 is 7.82 Å². The van der Waals surface area contributed by atoms with Crippen LogP contribution in [-0.4, -0.2) is 66.5 Å². The molecule has 0 fully saturated rings. The van der Waals surface area contributed by atoms with Gasteiger partial charge in [0.2, 0.25) is 0 Å². The number of phosphoric ester groups is 1. The number of hydrogen-bond acceptors (Lipinski definition) is 10. The monoisotopic (exact) mass is 1080 g/mol. The first-order chi connectivity index (χ1) is 37.2. The molecule has 0 amide bonds. The zero-order chi connectivity index (χ0) is 55.5. The summed E-state index contributed by atoms with van der Waals surface area (Å²) in [5.41, 5.74) is 0. The molecule has 0 saturated carbocycles. The van der Waals surface area contributed by atoms with E-state index in [9.17, 15) is 28.9 Å². The van der Waals surface area contributed by atoms with Gasteiger partial charge >= 0.3 is 25.7 Å². The average molecular weight is 1080 g/mol. The van der Waals surface area contributed by atoms with Gasteiger partial charge in [-0.2, -0.15) is 0 Å². The Kier molecular flexibility index (Phi) is 53.1. The summed E-state index contributed by atoms with van der Waals surface area (Å²) in [4.78, 5) is 48.5. The summed E-state index contributed by atoms with van der Waals surface area (Å²) < 4.78 is 39.4. The molecule has 12 heteroatoms. The van der Waals surface area contributed by atoms with E-state index in [2.05, 4.69) is 154 Å². The van der Waals surface area contributed by atoms with Crippen molar-refractivity contribution in [3.63, 3.8) is 0 Å². The zero-order valence-electron chi connectivity index (χ0n) is 47.2. The van der Waals surface area contributed by atoms with Crippen LogP contribution in [0.25, 0.3) is 0 Å². The Morgan fingerprint density at radius 2 is 0.671 bits per heavy atom. The predicted molar refractivity (Wildman–Crippen MR) is 316 cm³/mol. The number of esters is 3. The van der Waals surface area contributed by atoms with Crippen LogP contribution in [0.5, 0.6) is 0 Å². The van der Waals surface area contributed by atoms with E-state index in [0.717, 1.165) is 141 Å². The molecule has 428 valence electrons. The normalized spacial score (nSPS) is 14.4. The highest BCUT2D eigenvalue weighted by molar-refractivity contribution is 7.47. The molecule has 0 heterocycles. The van der Waals surface area contributed by atoms with Crippen molar-refractivity contribution in [1.29, 1.82) is 0 Å². The number of rotatable bonds is 51. The summed E-state index contributed by atoms with van der Waals surface area (Å²) in [5, 5.41) is 9.80. The minimum absolute atomic E-state index is 0.0887. The van der Waals surface area contributed by atoms with Crippen LogP contribution in [-0.2, 0) is 42.2 Å². The highest BCUT2D eigenvalue weighted by Gasteiger charge is 2.28. The lowest BCUT2D eigenvalue weighted by molar-refractivity contribution is -0.161. The molecule has 11 nitrogen and oxygen atoms in total. The quantitative estimate of drug-likeness (QED) is 0.0197. The Hall–Kier alpha value is -4.64. The summed E-state index contributed by atoms with van der Waals surface area (Å²) in [6.45, 7) is 4.15. The SMILES string of the molecule is CC/C=C\C/C=C\C/C=C\C/C=C\C/C=C\C/C=C\CCC(=O)OCC(COP(=O)(O)OCC(CO)OC(=O)CCCCC/C=C\C/C=C\C/C=C\CC)OC(=O)CCCCCCCCC/C=C\C/C=C\C/C=C\CC. The fourth-order valence-electron chi connectivity index (χ4n) is 7.00. The highest BCUT2D eigenvalue weighted by Crippen LogP contribution is 2.43. The third kappa shape index (κ3) is 54.2. The van der Waals surface area contributed by atoms with E-state index < -0.39 is 64.4 Å². The number of aliphatic hydroxyl groups excluding tert-OH is 1. The molecule has 0 aliphatic rings. The van der Waals surface area contributed by atoms with Crippen molar-refractivity contribution < 1.29 is 52.2 Å². The maximum atomic E-state index is 12.9. The Labute approximate surface area is 461 Å². The maximum Gasteiger partial charge on any atom is 0.472 e. The number of ether oxygens (including phenoxy) is 3. The largest absolute Gasteiger partial charge is 0.472 e. The number of hydrogen-bond donors (Lipinski definition) is 2. The standard InChI is InChI=1S/C64H101O11P/c1-4-7-10-13-16-19-22-25-27-29-30-32-33-36-38-41-44-47-50-53-62(66)71-57-61(75-64(68)55-52-49-46-43-40-37-34-31-28-26-23-20-17-14-11-8-5-2)59-73-76(69,70)72-58-60(56-65)74-63(67)54-51-48-45-42-39-35-24-21-18-15-12-9-6-3/h7-12,16-21,25-28,30,32,35-36,38-39,44,47,60-61,65H,4-6,13-15,22-24,29,31,33-34,37,40-43,45-46,48-59H2,1-3H3,(H,69,70)/b10-7-,11-8-,12-9-,19-16-,20-17-,21-18-,27-25-,28-26-,32-30-,38-36-,39-35-,47-44-. The van der Waals surface area contributed by atoms with Crippen molar-refractivity contribution in [1.82, 2.24) is 0 Å². The second-order valence-electron chi connectivity index (χ2n) is 18.3. The van der Waals surface area contributed by atoms with Crippen molar-refractivity contribution in [3.05, 3.63) is 146 Å². The highest BCUT2D eigenvalue weighted by atomic mass is 31.2. The molecule has 0 aromatic heterocycles. The first-order valence-corrected chi connectivity index (χ1v) is 30.2. The van der Waals surface area contributed by atoms with Gasteiger partial charge in [0.25, 0.3) is 0 Å². The summed E-state index contributed by atoms with van der Waals surface area (Å²) in [6, 6.07) is 0. The topological polar surface area (TPSA) is 155 Å². The lowest BCUT2D eigenvalue weighted by atomic mass is 10.1. The fourth-order valence-corrected chi connectivity index (χ4v) is 7.78. The molecule has 3 unspecified atom stereocenters. The minimum Gasteiger partial charge on any atom is -0.462 e. The van der Waals surface area contributed by atoms with E-state index in [0.29, 0.717) is 19.3 Å². The molecule has 2 N–H and O–H groups in total. The van der Waals surface area contributed by atoms with Crippen molar-refractivity contribution in [2.24, 2.45) is 0 Å². The smallest absolute Gasteiger partial charge is 0.462 e. The lowest BCUT2D eigenvalue weighted by Crippen LogP contribution is -2.30. The van der Waals surface area contributed by atoms with Crippen molar-refractivity contribution in [2.45, 2.75) is 213 Å². The van der Waals surface area contributed by atoms with Gasteiger partial charge in [0.15, 0.2) is 6.10 Å². The molecule has 0 spiro atoms. The molecular weight excluding hydrogens is 976 g/mol. The average Bonchev–Trinajstić information content (AvgIpc) is 3.41. The van der Waals surface area contributed by atoms with E-state index in [1.807, 2.05) is 12.2 Å². The molecule has 0 aromatic carbocycles. The van der Waals surface area contributed by atoms with E-state index in [1.165, 1.54) is 0 Å². The fraction of sp³-hybridized carbons (Fsp3) is 0.578. The van der Waals surface area contributed by atoms with Gasteiger partial charge in [0.1, 0.15) is 12.7 Å². The molecule has 0 rings (SSSR count). The van der Waals surface area contributed by atoms with Gasteiger partial charge in [-0.1, -0.05) is 205 Å². The van der Waals surface area contributed by atoms with Crippen LogP contribution < -0.4 is 0 Å². The van der Waals surface area contributed by atoms with Gasteiger partial charge in [-0.3, -0.25) is 23.4 Å². The van der Waals surface area contributed by atoms with Gasteiger partial charge in [-0.05, 0) is 122 Å². The third-order valence-electron chi connectivity index (χ3n) is 11.3. The van der Waals surface area contributed by atoms with Crippen LogP contribution in [0.4, 0.5) is 0 Å². The number of allylic oxidation sites excluding steroid dienone is 24. The molecule has 3 atom stereocenters. The minimum atomic E-state index is -4.79. The second-order valence-corrected chi connectivity index (χ2v) is 19.8. The second kappa shape index (κ2) is 56.6. The first kappa shape index (κ1) is 71.4. The molecule has 76 heavy (non-hydrogen) atoms. The molecule has 0 aromatic rings. The van der Waals surface area contributed by atoms with Gasteiger partial charge in [0.05, 0.1) is 19.8 Å². The number of unbranched alkanes of at least 4 members (excludes halogenated alkanes) is 10. The number of aliphatic hydroxyl groups is 1. The lowest BCUT2D eigenvalue weighted by Gasteiger charge is -2.21. The molecule has 0 radical (unpaired) electrons. The van der Waals surface area contributed by atoms with Crippen molar-refractivity contribution in [2.75, 3.05) is 26.4 Å². The van der Waals surface area contributed by atoms with Crippen molar-refractivity contribution >= 4 is 25.7 Å². The predicted octanol–water partition coefficient (Wildman–Crippen LogP) is 17.1. The Morgan fingerprint density at radius 3 is 1.05 bits per heavy atom. The Bertz CT molecular complexity index is 1830. The van der Waals surface area contributed by atoms with E-state index >= 15 is 0 Å². The van der Waals surface area contributed by atoms with Crippen LogP contribution in [0, 0.1) is 0 Å².